The first-order valence-electron chi connectivity index (χ1n) is 7.41. The molecule has 1 aliphatic rings. The number of carbonyl (C=O) groups excluding carboxylic acids is 1. The van der Waals surface area contributed by atoms with Crippen LogP contribution in [0.2, 0.25) is 5.02 Å². The van der Waals surface area contributed by atoms with Gasteiger partial charge >= 0.3 is 5.97 Å². The molecule has 1 amide bonds. The maximum absolute atomic E-state index is 13.0. The van der Waals surface area contributed by atoms with Gasteiger partial charge in [0.05, 0.1) is 12.0 Å². The SMILES string of the molecule is CCC1(CC(=O)O)c2ccccc2C(=O)N1c1cccc(Cl)c1. The summed E-state index contributed by atoms with van der Waals surface area (Å²) in [5.41, 5.74) is 1.02. The molecule has 0 bridgehead atoms. The highest BCUT2D eigenvalue weighted by Gasteiger charge is 2.50. The Kier molecular flexibility index (Phi) is 3.86. The largest absolute Gasteiger partial charge is 0.481 e. The third-order valence-corrected chi connectivity index (χ3v) is 4.62. The molecule has 4 nitrogen and oxygen atoms in total. The van der Waals surface area contributed by atoms with Gasteiger partial charge in [0.2, 0.25) is 0 Å². The van der Waals surface area contributed by atoms with E-state index in [4.69, 9.17) is 11.6 Å². The number of hydrogen-bond donors (Lipinski definition) is 1. The molecule has 0 fully saturated rings. The summed E-state index contributed by atoms with van der Waals surface area (Å²) in [5, 5.41) is 9.94. The second kappa shape index (κ2) is 5.70. The van der Waals surface area contributed by atoms with Crippen LogP contribution >= 0.6 is 11.6 Å². The predicted octanol–water partition coefficient (Wildman–Crippen LogP) is 4.08. The zero-order valence-corrected chi connectivity index (χ0v) is 13.4. The molecule has 3 rings (SSSR count). The Bertz CT molecular complexity index is 789. The summed E-state index contributed by atoms with van der Waals surface area (Å²) in [5.74, 6) is -1.13. The van der Waals surface area contributed by atoms with Crippen LogP contribution in [0.1, 0.15) is 35.7 Å². The van der Waals surface area contributed by atoms with Crippen molar-refractivity contribution in [2.45, 2.75) is 25.3 Å². The lowest BCUT2D eigenvalue weighted by atomic mass is 9.83. The van der Waals surface area contributed by atoms with Gasteiger partial charge in [-0.15, -0.1) is 0 Å². The van der Waals surface area contributed by atoms with Gasteiger partial charge in [0.25, 0.3) is 5.91 Å². The Morgan fingerprint density at radius 2 is 1.96 bits per heavy atom. The number of aliphatic carboxylic acids is 1. The second-order valence-electron chi connectivity index (χ2n) is 5.62. The van der Waals surface area contributed by atoms with Crippen LogP contribution in [0.15, 0.2) is 48.5 Å². The molecule has 0 aromatic heterocycles. The summed E-state index contributed by atoms with van der Waals surface area (Å²) in [7, 11) is 0. The molecular weight excluding hydrogens is 314 g/mol. The molecular formula is C18H16ClNO3. The predicted molar refractivity (Wildman–Crippen MR) is 88.9 cm³/mol. The van der Waals surface area contributed by atoms with Gasteiger partial charge in [-0.1, -0.05) is 42.8 Å². The van der Waals surface area contributed by atoms with E-state index in [1.54, 1.807) is 41.3 Å². The minimum atomic E-state index is -0.941. The monoisotopic (exact) mass is 329 g/mol. The second-order valence-corrected chi connectivity index (χ2v) is 6.06. The van der Waals surface area contributed by atoms with Crippen molar-refractivity contribution in [1.29, 1.82) is 0 Å². The minimum absolute atomic E-state index is 0.154. The summed E-state index contributed by atoms with van der Waals surface area (Å²) in [4.78, 5) is 26.1. The first kappa shape index (κ1) is 15.6. The van der Waals surface area contributed by atoms with Crippen molar-refractivity contribution >= 4 is 29.2 Å². The summed E-state index contributed by atoms with van der Waals surface area (Å²) in [6.45, 7) is 1.90. The molecule has 2 aromatic carbocycles. The lowest BCUT2D eigenvalue weighted by molar-refractivity contribution is -0.138. The van der Waals surface area contributed by atoms with E-state index in [0.717, 1.165) is 5.56 Å². The highest BCUT2D eigenvalue weighted by atomic mass is 35.5. The molecule has 0 spiro atoms. The van der Waals surface area contributed by atoms with E-state index in [1.807, 2.05) is 19.1 Å². The van der Waals surface area contributed by atoms with E-state index in [1.165, 1.54) is 0 Å². The number of carbonyl (C=O) groups is 2. The van der Waals surface area contributed by atoms with E-state index in [-0.39, 0.29) is 12.3 Å². The van der Waals surface area contributed by atoms with Crippen molar-refractivity contribution in [1.82, 2.24) is 0 Å². The number of fused-ring (bicyclic) bond motifs is 1. The third-order valence-electron chi connectivity index (χ3n) is 4.38. The topological polar surface area (TPSA) is 57.6 Å². The van der Waals surface area contributed by atoms with Crippen LogP contribution in [-0.4, -0.2) is 17.0 Å². The van der Waals surface area contributed by atoms with E-state index in [0.29, 0.717) is 22.7 Å². The number of carboxylic acids is 1. The summed E-state index contributed by atoms with van der Waals surface area (Å²) < 4.78 is 0. The highest BCUT2D eigenvalue weighted by Crippen LogP contribution is 2.46. The van der Waals surface area contributed by atoms with E-state index in [9.17, 15) is 14.7 Å². The zero-order chi connectivity index (χ0) is 16.6. The van der Waals surface area contributed by atoms with Gasteiger partial charge < -0.3 is 5.11 Å². The average Bonchev–Trinajstić information content (AvgIpc) is 2.77. The molecule has 5 heteroatoms. The Balaban J connectivity index is 2.25. The lowest BCUT2D eigenvalue weighted by Gasteiger charge is -2.37. The van der Waals surface area contributed by atoms with E-state index >= 15 is 0 Å². The number of carboxylic acid groups (broad SMARTS) is 1. The number of anilines is 1. The van der Waals surface area contributed by atoms with Crippen molar-refractivity contribution in [2.75, 3.05) is 4.90 Å². The standard InChI is InChI=1S/C18H16ClNO3/c1-2-18(11-16(21)22)15-9-4-3-8-14(15)17(23)20(18)13-7-5-6-12(19)10-13/h3-10H,2,11H2,1H3,(H,21,22). The van der Waals surface area contributed by atoms with Crippen molar-refractivity contribution < 1.29 is 14.7 Å². The van der Waals surface area contributed by atoms with Crippen molar-refractivity contribution in [3.05, 3.63) is 64.7 Å². The van der Waals surface area contributed by atoms with Gasteiger partial charge in [-0.25, -0.2) is 0 Å². The fraction of sp³-hybridized carbons (Fsp3) is 0.222. The minimum Gasteiger partial charge on any atom is -0.481 e. The van der Waals surface area contributed by atoms with Crippen molar-refractivity contribution in [2.24, 2.45) is 0 Å². The molecule has 118 valence electrons. The average molecular weight is 330 g/mol. The van der Waals surface area contributed by atoms with Gasteiger partial charge in [0.1, 0.15) is 0 Å². The fourth-order valence-corrected chi connectivity index (χ4v) is 3.57. The summed E-state index contributed by atoms with van der Waals surface area (Å²) >= 11 is 6.07. The lowest BCUT2D eigenvalue weighted by Crippen LogP contribution is -2.45. The van der Waals surface area contributed by atoms with Crippen LogP contribution in [0.5, 0.6) is 0 Å². The molecule has 0 saturated carbocycles. The Morgan fingerprint density at radius 3 is 2.61 bits per heavy atom. The van der Waals surface area contributed by atoms with E-state index < -0.39 is 11.5 Å². The Hall–Kier alpha value is -2.33. The van der Waals surface area contributed by atoms with Gasteiger partial charge in [-0.3, -0.25) is 14.5 Å². The molecule has 1 aliphatic heterocycles. The molecule has 1 heterocycles. The number of halogens is 1. The molecule has 1 unspecified atom stereocenters. The van der Waals surface area contributed by atoms with Crippen LogP contribution in [-0.2, 0) is 10.3 Å². The van der Waals surface area contributed by atoms with Crippen LogP contribution in [0.25, 0.3) is 0 Å². The number of hydrogen-bond acceptors (Lipinski definition) is 2. The molecule has 0 saturated heterocycles. The molecule has 0 aliphatic carbocycles. The molecule has 2 aromatic rings. The van der Waals surface area contributed by atoms with Crippen molar-refractivity contribution in [3.63, 3.8) is 0 Å². The number of nitrogens with zero attached hydrogens (tertiary/aromatic N) is 1. The van der Waals surface area contributed by atoms with E-state index in [2.05, 4.69) is 0 Å². The molecule has 23 heavy (non-hydrogen) atoms. The van der Waals surface area contributed by atoms with Crippen LogP contribution < -0.4 is 4.90 Å². The van der Waals surface area contributed by atoms with Crippen LogP contribution in [0.4, 0.5) is 5.69 Å². The van der Waals surface area contributed by atoms with Crippen LogP contribution in [0.3, 0.4) is 0 Å². The normalized spacial score (nSPS) is 19.7. The quantitative estimate of drug-likeness (QED) is 0.919. The number of benzene rings is 2. The Labute approximate surface area is 139 Å². The summed E-state index contributed by atoms with van der Waals surface area (Å²) in [6, 6.07) is 14.2. The molecule has 0 radical (unpaired) electrons. The summed E-state index contributed by atoms with van der Waals surface area (Å²) in [6.07, 6.45) is 0.341. The van der Waals surface area contributed by atoms with Crippen molar-refractivity contribution in [3.8, 4) is 0 Å². The number of rotatable bonds is 4. The van der Waals surface area contributed by atoms with Crippen LogP contribution in [0, 0.1) is 0 Å². The zero-order valence-electron chi connectivity index (χ0n) is 12.6. The van der Waals surface area contributed by atoms with Gasteiger partial charge in [0.15, 0.2) is 0 Å². The van der Waals surface area contributed by atoms with Gasteiger partial charge in [0, 0.05) is 16.3 Å². The van der Waals surface area contributed by atoms with Gasteiger partial charge in [-0.05, 0) is 36.2 Å². The maximum Gasteiger partial charge on any atom is 0.306 e. The smallest absolute Gasteiger partial charge is 0.306 e. The van der Waals surface area contributed by atoms with Gasteiger partial charge in [-0.2, -0.15) is 0 Å². The first-order valence-corrected chi connectivity index (χ1v) is 7.79. The maximum atomic E-state index is 13.0. The molecule has 1 N–H and O–H groups in total. The highest BCUT2D eigenvalue weighted by molar-refractivity contribution is 6.31. The molecule has 1 atom stereocenters. The number of amides is 1. The fourth-order valence-electron chi connectivity index (χ4n) is 3.39. The Morgan fingerprint density at radius 1 is 1.22 bits per heavy atom. The third kappa shape index (κ3) is 2.39. The first-order chi connectivity index (χ1) is 11.0.